The first kappa shape index (κ1) is 42.9. The van der Waals surface area contributed by atoms with E-state index in [0.29, 0.717) is 22.5 Å². The summed E-state index contributed by atoms with van der Waals surface area (Å²) in [4.78, 5) is 33.0. The van der Waals surface area contributed by atoms with Crippen molar-refractivity contribution in [2.75, 3.05) is 9.44 Å². The Morgan fingerprint density at radius 2 is 0.891 bits per heavy atom. The van der Waals surface area contributed by atoms with E-state index in [9.17, 15) is 27.0 Å². The van der Waals surface area contributed by atoms with Gasteiger partial charge in [-0.15, -0.1) is 0 Å². The van der Waals surface area contributed by atoms with Gasteiger partial charge in [-0.05, 0) is 84.9 Å². The Morgan fingerprint density at radius 3 is 1.20 bits per heavy atom. The molecule has 0 atom stereocenters. The number of aromatic nitrogens is 4. The third kappa shape index (κ3) is 14.1. The SMILES string of the molecule is CC(=O)[OH2+].O=S(=O)(Nc1ncccn1)c1ccc(N=Cc2ccccc2O)cc1.O=S(=O)(Nc1ncccn1)c1ccc(N=Cc2ccccc2O)cc1.[Cu+2]. The molecule has 6 rings (SSSR count). The van der Waals surface area contributed by atoms with Crippen molar-refractivity contribution >= 4 is 61.7 Å². The van der Waals surface area contributed by atoms with Crippen molar-refractivity contribution in [3.05, 3.63) is 145 Å². The van der Waals surface area contributed by atoms with Crippen molar-refractivity contribution in [1.29, 1.82) is 0 Å². The van der Waals surface area contributed by atoms with E-state index in [2.05, 4.69) is 39.4 Å². The molecule has 0 saturated carbocycles. The van der Waals surface area contributed by atoms with Crippen LogP contribution in [0.3, 0.4) is 0 Å². The number of para-hydroxylation sites is 2. The zero-order valence-corrected chi connectivity index (χ0v) is 31.2. The van der Waals surface area contributed by atoms with Crippen molar-refractivity contribution in [3.63, 3.8) is 0 Å². The molecule has 0 unspecified atom stereocenters. The smallest absolute Gasteiger partial charge is 0.565 e. The first-order valence-corrected chi connectivity index (χ1v) is 18.4. The number of benzene rings is 4. The maximum absolute atomic E-state index is 12.3. The molecule has 2 heterocycles. The van der Waals surface area contributed by atoms with Crippen LogP contribution in [-0.2, 0) is 41.9 Å². The number of aliphatic imine (C=N–C) groups is 2. The van der Waals surface area contributed by atoms with Crippen molar-refractivity contribution in [3.8, 4) is 11.5 Å². The van der Waals surface area contributed by atoms with Crippen LogP contribution in [0.15, 0.2) is 154 Å². The van der Waals surface area contributed by atoms with Crippen LogP contribution in [0.25, 0.3) is 0 Å². The number of nitrogens with one attached hydrogen (secondary N) is 2. The molecule has 1 radical (unpaired) electrons. The van der Waals surface area contributed by atoms with Crippen LogP contribution in [0.5, 0.6) is 11.5 Å². The van der Waals surface area contributed by atoms with Crippen LogP contribution in [-0.4, -0.2) is 70.5 Å². The molecule has 4 aromatic carbocycles. The normalized spacial score (nSPS) is 10.9. The van der Waals surface area contributed by atoms with Crippen LogP contribution in [0.2, 0.25) is 0 Å². The van der Waals surface area contributed by atoms with E-state index in [1.165, 1.54) is 68.4 Å². The minimum Gasteiger partial charge on any atom is -0.565 e. The molecule has 0 bridgehead atoms. The Bertz CT molecular complexity index is 2250. The van der Waals surface area contributed by atoms with Gasteiger partial charge in [0.05, 0.1) is 28.1 Å². The first-order chi connectivity index (χ1) is 25.8. The molecule has 55 heavy (non-hydrogen) atoms. The minimum absolute atomic E-state index is 0. The number of nitrogens with zero attached hydrogens (tertiary/aromatic N) is 6. The molecule has 0 fully saturated rings. The number of phenolic OH excluding ortho intramolecular Hbond substituents is 2. The number of sulfonamides is 2. The Hall–Kier alpha value is -6.53. The summed E-state index contributed by atoms with van der Waals surface area (Å²) in [5, 5.41) is 25.3. The monoisotopic (exact) mass is 832 g/mol. The topological polar surface area (TPSA) is 249 Å². The number of carbonyl (C=O) groups excluding carboxylic acids is 1. The molecule has 19 heteroatoms. The fourth-order valence-corrected chi connectivity index (χ4v) is 5.88. The van der Waals surface area contributed by atoms with Gasteiger partial charge >= 0.3 is 23.0 Å². The molecule has 16 nitrogen and oxygen atoms in total. The van der Waals surface area contributed by atoms with Crippen LogP contribution in [0.1, 0.15) is 18.1 Å². The fraction of sp³-hybridized carbons (Fsp3) is 0.0278. The summed E-state index contributed by atoms with van der Waals surface area (Å²) in [6.07, 6.45) is 8.80. The van der Waals surface area contributed by atoms with E-state index >= 15 is 0 Å². The van der Waals surface area contributed by atoms with E-state index in [1.54, 1.807) is 84.9 Å². The Kier molecular flexibility index (Phi) is 16.1. The van der Waals surface area contributed by atoms with Crippen molar-refractivity contribution < 1.29 is 54.0 Å². The van der Waals surface area contributed by atoms with Crippen LogP contribution >= 0.6 is 0 Å². The van der Waals surface area contributed by atoms with Gasteiger partial charge in [-0.3, -0.25) is 9.98 Å². The standard InChI is InChI=1S/2C17H14N4O3S.C2H4O2.Cu/c2*22-16-5-2-1-4-13(16)12-20-14-6-8-15(9-7-14)25(23,24)21-17-18-10-3-11-19-17;1-2(3)4;/h2*1-12,22H,(H,18,19,21);1H3,(H,3,4);/q;;;+2/p+1. The predicted octanol–water partition coefficient (Wildman–Crippen LogP) is 4.72. The summed E-state index contributed by atoms with van der Waals surface area (Å²) in [5.74, 6) is -0.330. The number of hydrogen-bond acceptors (Lipinski definition) is 13. The van der Waals surface area contributed by atoms with E-state index in [4.69, 9.17) is 9.90 Å². The number of aromatic hydroxyl groups is 2. The van der Waals surface area contributed by atoms with Gasteiger partial charge in [-0.1, -0.05) is 24.3 Å². The number of hydrogen-bond donors (Lipinski definition) is 4. The molecule has 6 N–H and O–H groups in total. The van der Waals surface area contributed by atoms with Gasteiger partial charge < -0.3 is 15.3 Å². The molecule has 0 aliphatic carbocycles. The zero-order chi connectivity index (χ0) is 39.0. The Labute approximate surface area is 327 Å². The number of phenols is 2. The summed E-state index contributed by atoms with van der Waals surface area (Å²) in [6.45, 7) is 1.19. The molecular weight excluding hydrogens is 800 g/mol. The molecule has 0 aliphatic heterocycles. The van der Waals surface area contributed by atoms with Crippen LogP contribution < -0.4 is 9.44 Å². The van der Waals surface area contributed by atoms with E-state index in [1.807, 2.05) is 0 Å². The van der Waals surface area contributed by atoms with E-state index < -0.39 is 26.0 Å². The second-order valence-electron chi connectivity index (χ2n) is 10.5. The quantitative estimate of drug-likeness (QED) is 0.0835. The van der Waals surface area contributed by atoms with Crippen LogP contribution in [0, 0.1) is 0 Å². The first-order valence-electron chi connectivity index (χ1n) is 15.5. The summed E-state index contributed by atoms with van der Waals surface area (Å²) in [6, 6.07) is 28.8. The van der Waals surface area contributed by atoms with Crippen molar-refractivity contribution in [1.82, 2.24) is 19.9 Å². The van der Waals surface area contributed by atoms with E-state index in [-0.39, 0.29) is 50.3 Å². The molecule has 0 spiro atoms. The molecule has 2 aromatic heterocycles. The number of anilines is 2. The zero-order valence-electron chi connectivity index (χ0n) is 28.6. The largest absolute Gasteiger partial charge is 2.00 e. The molecule has 0 aliphatic rings. The second kappa shape index (κ2) is 20.6. The van der Waals surface area contributed by atoms with Gasteiger partial charge in [-0.2, -0.15) is 0 Å². The van der Waals surface area contributed by atoms with Gasteiger partial charge in [0.1, 0.15) is 11.5 Å². The van der Waals surface area contributed by atoms with Crippen molar-refractivity contribution in [2.45, 2.75) is 16.7 Å². The third-order valence-electron chi connectivity index (χ3n) is 6.46. The summed E-state index contributed by atoms with van der Waals surface area (Å²) in [5.41, 5.74) is 2.25. The molecule has 0 saturated heterocycles. The average molecular weight is 833 g/mol. The summed E-state index contributed by atoms with van der Waals surface area (Å²) < 4.78 is 53.7. The molecule has 0 amide bonds. The number of carbonyl (C=O) groups is 1. The molecular formula is C36H33CuN8O8S2+3. The predicted molar refractivity (Wildman–Crippen MR) is 204 cm³/mol. The van der Waals surface area contributed by atoms with Gasteiger partial charge in [0, 0.05) is 53.1 Å². The van der Waals surface area contributed by atoms with E-state index in [0.717, 1.165) is 0 Å². The summed E-state index contributed by atoms with van der Waals surface area (Å²) >= 11 is 0. The molecule has 285 valence electrons. The average Bonchev–Trinajstić information content (AvgIpc) is 3.15. The second-order valence-corrected chi connectivity index (χ2v) is 13.9. The van der Waals surface area contributed by atoms with Gasteiger partial charge in [-0.25, -0.2) is 46.2 Å². The van der Waals surface area contributed by atoms with Gasteiger partial charge in [0.15, 0.2) is 0 Å². The number of rotatable bonds is 10. The third-order valence-corrected chi connectivity index (χ3v) is 9.14. The van der Waals surface area contributed by atoms with Crippen molar-refractivity contribution in [2.24, 2.45) is 9.98 Å². The Morgan fingerprint density at radius 1 is 0.582 bits per heavy atom. The molecule has 6 aromatic rings. The van der Waals surface area contributed by atoms with Gasteiger partial charge in [0.25, 0.3) is 20.0 Å². The maximum atomic E-state index is 12.3. The fourth-order valence-electron chi connectivity index (χ4n) is 3.97. The minimum atomic E-state index is -3.77. The maximum Gasteiger partial charge on any atom is 2.00 e. The van der Waals surface area contributed by atoms with Crippen LogP contribution in [0.4, 0.5) is 23.3 Å². The Balaban J connectivity index is 0.000000265. The van der Waals surface area contributed by atoms with Gasteiger partial charge in [0.2, 0.25) is 11.9 Å². The summed E-state index contributed by atoms with van der Waals surface area (Å²) in [7, 11) is -7.54.